The minimum Gasteiger partial charge on any atom is -0.385 e. The van der Waals surface area contributed by atoms with Crippen LogP contribution in [0.15, 0.2) is 4.99 Å². The van der Waals surface area contributed by atoms with E-state index in [1.165, 1.54) is 12.8 Å². The summed E-state index contributed by atoms with van der Waals surface area (Å²) >= 11 is 0. The van der Waals surface area contributed by atoms with Crippen molar-refractivity contribution in [3.05, 3.63) is 0 Å². The minimum atomic E-state index is 0.00519. The molecule has 1 aliphatic rings. The summed E-state index contributed by atoms with van der Waals surface area (Å²) in [5.74, 6) is 1.08. The molecule has 76 valence electrons. The molecule has 1 aliphatic carbocycles. The first-order chi connectivity index (χ1) is 6.15. The summed E-state index contributed by atoms with van der Waals surface area (Å²) in [4.78, 5) is 4.40. The predicted octanol–water partition coefficient (Wildman–Crippen LogP) is 1.57. The molecule has 1 saturated carbocycles. The van der Waals surface area contributed by atoms with Gasteiger partial charge in [-0.05, 0) is 25.7 Å². The summed E-state index contributed by atoms with van der Waals surface area (Å²) in [5, 5.41) is 0. The molecule has 0 radical (unpaired) electrons. The molecule has 0 aromatic carbocycles. The van der Waals surface area contributed by atoms with E-state index in [9.17, 15) is 0 Å². The van der Waals surface area contributed by atoms with E-state index >= 15 is 0 Å². The smallest absolute Gasteiger partial charge is 0.124 e. The third-order valence-corrected chi connectivity index (χ3v) is 2.12. The Hall–Kier alpha value is -0.570. The lowest BCUT2D eigenvalue weighted by Gasteiger charge is -2.20. The molecule has 0 aromatic rings. The molecule has 0 heterocycles. The van der Waals surface area contributed by atoms with E-state index in [0.29, 0.717) is 24.4 Å². The van der Waals surface area contributed by atoms with Gasteiger partial charge in [0.2, 0.25) is 0 Å². The van der Waals surface area contributed by atoms with Crippen molar-refractivity contribution in [1.82, 2.24) is 0 Å². The average Bonchev–Trinajstić information content (AvgIpc) is 2.83. The molecule has 2 N–H and O–H groups in total. The number of aliphatic imine (C=N–C) groups is 1. The second-order valence-electron chi connectivity index (χ2n) is 3.91. The van der Waals surface area contributed by atoms with Crippen molar-refractivity contribution in [2.45, 2.75) is 45.8 Å². The Kier molecular flexibility index (Phi) is 3.72. The molecule has 0 spiro atoms. The predicted molar refractivity (Wildman–Crippen MR) is 54.9 cm³/mol. The number of hydrogen-bond donors (Lipinski definition) is 1. The fraction of sp³-hybridized carbons (Fsp3) is 0.900. The maximum Gasteiger partial charge on any atom is 0.124 e. The zero-order valence-electron chi connectivity index (χ0n) is 8.79. The lowest BCUT2D eigenvalue weighted by Crippen LogP contribution is -2.36. The minimum absolute atomic E-state index is 0.00519. The van der Waals surface area contributed by atoms with Gasteiger partial charge in [-0.3, -0.25) is 4.99 Å². The first-order valence-corrected chi connectivity index (χ1v) is 5.10. The van der Waals surface area contributed by atoms with E-state index in [0.717, 1.165) is 0 Å². The standard InChI is InChI=1S/C10H20N2O/c1-4-13-9(7(2)3)10(11)12-8-5-6-8/h7-9H,4-6H2,1-3H3,(H2,11,12). The SMILES string of the molecule is CCOC(C(N)=NC1CC1)C(C)C. The number of hydrogen-bond acceptors (Lipinski definition) is 2. The molecule has 1 unspecified atom stereocenters. The molecule has 3 heteroatoms. The van der Waals surface area contributed by atoms with Crippen LogP contribution < -0.4 is 5.73 Å². The van der Waals surface area contributed by atoms with E-state index in [1.54, 1.807) is 0 Å². The second-order valence-corrected chi connectivity index (χ2v) is 3.91. The maximum atomic E-state index is 5.87. The lowest BCUT2D eigenvalue weighted by molar-refractivity contribution is 0.0773. The van der Waals surface area contributed by atoms with Gasteiger partial charge in [-0.1, -0.05) is 13.8 Å². The fourth-order valence-corrected chi connectivity index (χ4v) is 1.29. The van der Waals surface area contributed by atoms with Gasteiger partial charge < -0.3 is 10.5 Å². The molecule has 1 fully saturated rings. The van der Waals surface area contributed by atoms with Gasteiger partial charge in [0.25, 0.3) is 0 Å². The summed E-state index contributed by atoms with van der Waals surface area (Å²) in [7, 11) is 0. The third kappa shape index (κ3) is 3.35. The molecular weight excluding hydrogens is 164 g/mol. The molecule has 13 heavy (non-hydrogen) atoms. The van der Waals surface area contributed by atoms with Crippen LogP contribution in [0.2, 0.25) is 0 Å². The van der Waals surface area contributed by atoms with Crippen molar-refractivity contribution in [3.63, 3.8) is 0 Å². The molecule has 1 rings (SSSR count). The molecule has 0 aromatic heterocycles. The largest absolute Gasteiger partial charge is 0.385 e. The van der Waals surface area contributed by atoms with Crippen LogP contribution in [-0.4, -0.2) is 24.6 Å². The highest BCUT2D eigenvalue weighted by atomic mass is 16.5. The van der Waals surface area contributed by atoms with Crippen LogP contribution in [-0.2, 0) is 4.74 Å². The number of nitrogens with two attached hydrogens (primary N) is 1. The summed E-state index contributed by atoms with van der Waals surface area (Å²) in [6.07, 6.45) is 2.39. The van der Waals surface area contributed by atoms with Crippen LogP contribution in [0.3, 0.4) is 0 Å². The molecule has 0 bridgehead atoms. The van der Waals surface area contributed by atoms with Crippen LogP contribution >= 0.6 is 0 Å². The lowest BCUT2D eigenvalue weighted by atomic mass is 10.1. The van der Waals surface area contributed by atoms with Gasteiger partial charge in [-0.25, -0.2) is 0 Å². The van der Waals surface area contributed by atoms with Gasteiger partial charge >= 0.3 is 0 Å². The molecular formula is C10H20N2O. The van der Waals surface area contributed by atoms with Crippen LogP contribution in [0.1, 0.15) is 33.6 Å². The van der Waals surface area contributed by atoms with E-state index in [1.807, 2.05) is 6.92 Å². The molecule has 0 amide bonds. The monoisotopic (exact) mass is 184 g/mol. The Labute approximate surface area is 80.4 Å². The van der Waals surface area contributed by atoms with Gasteiger partial charge in [0.1, 0.15) is 11.9 Å². The highest BCUT2D eigenvalue weighted by Crippen LogP contribution is 2.24. The van der Waals surface area contributed by atoms with Crippen molar-refractivity contribution < 1.29 is 4.74 Å². The van der Waals surface area contributed by atoms with Crippen LogP contribution in [0.25, 0.3) is 0 Å². The zero-order chi connectivity index (χ0) is 9.84. The quantitative estimate of drug-likeness (QED) is 0.520. The highest BCUT2D eigenvalue weighted by Gasteiger charge is 2.24. The topological polar surface area (TPSA) is 47.6 Å². The zero-order valence-corrected chi connectivity index (χ0v) is 8.79. The Morgan fingerprint density at radius 3 is 2.54 bits per heavy atom. The number of ether oxygens (including phenoxy) is 1. The Balaban J connectivity index is 2.50. The van der Waals surface area contributed by atoms with Crippen LogP contribution in [0, 0.1) is 5.92 Å². The number of rotatable bonds is 5. The second kappa shape index (κ2) is 4.61. The van der Waals surface area contributed by atoms with Gasteiger partial charge in [0.05, 0.1) is 6.04 Å². The van der Waals surface area contributed by atoms with Crippen LogP contribution in [0.4, 0.5) is 0 Å². The van der Waals surface area contributed by atoms with Crippen molar-refractivity contribution in [2.24, 2.45) is 16.6 Å². The van der Waals surface area contributed by atoms with Gasteiger partial charge in [0.15, 0.2) is 0 Å². The normalized spacial score (nSPS) is 20.8. The Morgan fingerprint density at radius 1 is 1.54 bits per heavy atom. The average molecular weight is 184 g/mol. The maximum absolute atomic E-state index is 5.87. The van der Waals surface area contributed by atoms with Crippen LogP contribution in [0.5, 0.6) is 0 Å². The van der Waals surface area contributed by atoms with Gasteiger partial charge in [-0.2, -0.15) is 0 Å². The van der Waals surface area contributed by atoms with E-state index < -0.39 is 0 Å². The van der Waals surface area contributed by atoms with Crippen molar-refractivity contribution >= 4 is 5.84 Å². The number of amidine groups is 1. The van der Waals surface area contributed by atoms with E-state index in [-0.39, 0.29) is 6.10 Å². The van der Waals surface area contributed by atoms with Gasteiger partial charge in [-0.15, -0.1) is 0 Å². The highest BCUT2D eigenvalue weighted by molar-refractivity contribution is 5.85. The summed E-state index contributed by atoms with van der Waals surface area (Å²) in [6, 6.07) is 0.488. The summed E-state index contributed by atoms with van der Waals surface area (Å²) in [6.45, 7) is 6.90. The first-order valence-electron chi connectivity index (χ1n) is 5.10. The molecule has 3 nitrogen and oxygen atoms in total. The number of nitrogens with zero attached hydrogens (tertiary/aromatic N) is 1. The molecule has 1 atom stereocenters. The van der Waals surface area contributed by atoms with E-state index in [2.05, 4.69) is 18.8 Å². The summed E-state index contributed by atoms with van der Waals surface area (Å²) < 4.78 is 5.54. The van der Waals surface area contributed by atoms with E-state index in [4.69, 9.17) is 10.5 Å². The van der Waals surface area contributed by atoms with Crippen molar-refractivity contribution in [1.29, 1.82) is 0 Å². The first kappa shape index (κ1) is 10.5. The Bertz CT molecular complexity index is 185. The molecule has 0 saturated heterocycles. The van der Waals surface area contributed by atoms with Gasteiger partial charge in [0, 0.05) is 6.61 Å². The summed E-state index contributed by atoms with van der Waals surface area (Å²) in [5.41, 5.74) is 5.87. The van der Waals surface area contributed by atoms with Crippen molar-refractivity contribution in [3.8, 4) is 0 Å². The fourth-order valence-electron chi connectivity index (χ4n) is 1.29. The third-order valence-electron chi connectivity index (χ3n) is 2.12. The molecule has 0 aliphatic heterocycles. The van der Waals surface area contributed by atoms with Crippen molar-refractivity contribution in [2.75, 3.05) is 6.61 Å². The Morgan fingerprint density at radius 2 is 2.15 bits per heavy atom.